The van der Waals surface area contributed by atoms with Gasteiger partial charge < -0.3 is 10.2 Å². The molecule has 2 N–H and O–H groups in total. The van der Waals surface area contributed by atoms with E-state index in [2.05, 4.69) is 22.6 Å². The molecule has 1 aromatic heterocycles. The van der Waals surface area contributed by atoms with Crippen LogP contribution >= 0.6 is 34.2 Å². The summed E-state index contributed by atoms with van der Waals surface area (Å²) in [5.74, 6) is 0.746. The molecule has 0 aliphatic heterocycles. The lowest BCUT2D eigenvalue weighted by atomic mass is 10.1. The molecule has 1 atom stereocenters. The molecule has 0 saturated heterocycles. The summed E-state index contributed by atoms with van der Waals surface area (Å²) >= 11 is 8.17. The van der Waals surface area contributed by atoms with E-state index in [4.69, 9.17) is 21.8 Å². The standard InChI is InChI=1S/C11H9ClINO/c12-7-3-4-9(13)8(6-7)11(14)10-2-1-5-15-10/h1-6,11H,14H2. The Labute approximate surface area is 107 Å². The van der Waals surface area contributed by atoms with Crippen LogP contribution in [0.5, 0.6) is 0 Å². The Morgan fingerprint density at radius 3 is 2.80 bits per heavy atom. The number of benzene rings is 1. The van der Waals surface area contributed by atoms with E-state index in [-0.39, 0.29) is 6.04 Å². The monoisotopic (exact) mass is 333 g/mol. The van der Waals surface area contributed by atoms with Gasteiger partial charge >= 0.3 is 0 Å². The third-order valence-electron chi connectivity index (χ3n) is 2.14. The topological polar surface area (TPSA) is 39.2 Å². The first-order valence-corrected chi connectivity index (χ1v) is 5.88. The van der Waals surface area contributed by atoms with Gasteiger partial charge in [0.2, 0.25) is 0 Å². The third-order valence-corrected chi connectivity index (χ3v) is 3.36. The Balaban J connectivity index is 2.41. The van der Waals surface area contributed by atoms with E-state index >= 15 is 0 Å². The van der Waals surface area contributed by atoms with Gasteiger partial charge in [-0.1, -0.05) is 11.6 Å². The van der Waals surface area contributed by atoms with Crippen LogP contribution in [-0.4, -0.2) is 0 Å². The van der Waals surface area contributed by atoms with Crippen molar-refractivity contribution in [2.45, 2.75) is 6.04 Å². The summed E-state index contributed by atoms with van der Waals surface area (Å²) in [4.78, 5) is 0. The molecule has 2 nitrogen and oxygen atoms in total. The van der Waals surface area contributed by atoms with E-state index in [0.29, 0.717) is 5.02 Å². The van der Waals surface area contributed by atoms with Crippen LogP contribution in [0.25, 0.3) is 0 Å². The van der Waals surface area contributed by atoms with Gasteiger partial charge in [-0.05, 0) is 58.5 Å². The van der Waals surface area contributed by atoms with Gasteiger partial charge in [0.05, 0.1) is 12.3 Å². The summed E-state index contributed by atoms with van der Waals surface area (Å²) in [5.41, 5.74) is 7.06. The summed E-state index contributed by atoms with van der Waals surface area (Å²) < 4.78 is 6.36. The van der Waals surface area contributed by atoms with Gasteiger partial charge in [-0.15, -0.1) is 0 Å². The summed E-state index contributed by atoms with van der Waals surface area (Å²) in [6, 6.07) is 9.10. The summed E-state index contributed by atoms with van der Waals surface area (Å²) in [6.45, 7) is 0. The van der Waals surface area contributed by atoms with Gasteiger partial charge in [0.1, 0.15) is 5.76 Å². The number of nitrogens with two attached hydrogens (primary N) is 1. The van der Waals surface area contributed by atoms with Crippen LogP contribution < -0.4 is 5.73 Å². The van der Waals surface area contributed by atoms with Crippen molar-refractivity contribution in [1.82, 2.24) is 0 Å². The molecule has 0 amide bonds. The highest BCUT2D eigenvalue weighted by Crippen LogP contribution is 2.27. The Bertz CT molecular complexity index is 456. The molecule has 0 spiro atoms. The first-order valence-electron chi connectivity index (χ1n) is 4.42. The van der Waals surface area contributed by atoms with Gasteiger partial charge in [0, 0.05) is 8.59 Å². The molecule has 1 heterocycles. The smallest absolute Gasteiger partial charge is 0.125 e. The lowest BCUT2D eigenvalue weighted by Crippen LogP contribution is -2.12. The highest BCUT2D eigenvalue weighted by Gasteiger charge is 2.14. The van der Waals surface area contributed by atoms with Crippen molar-refractivity contribution in [3.8, 4) is 0 Å². The van der Waals surface area contributed by atoms with Crippen molar-refractivity contribution in [2.75, 3.05) is 0 Å². The highest BCUT2D eigenvalue weighted by atomic mass is 127. The number of hydrogen-bond donors (Lipinski definition) is 1. The maximum absolute atomic E-state index is 6.07. The minimum Gasteiger partial charge on any atom is -0.467 e. The van der Waals surface area contributed by atoms with Crippen molar-refractivity contribution >= 4 is 34.2 Å². The average molecular weight is 334 g/mol. The molecule has 78 valence electrons. The molecule has 4 heteroatoms. The molecular weight excluding hydrogens is 324 g/mol. The fraction of sp³-hybridized carbons (Fsp3) is 0.0909. The van der Waals surface area contributed by atoms with E-state index in [1.807, 2.05) is 30.3 Å². The highest BCUT2D eigenvalue weighted by molar-refractivity contribution is 14.1. The molecule has 0 bridgehead atoms. The van der Waals surface area contributed by atoms with Crippen LogP contribution in [0.15, 0.2) is 41.0 Å². The summed E-state index contributed by atoms with van der Waals surface area (Å²) in [6.07, 6.45) is 1.62. The first-order chi connectivity index (χ1) is 7.18. The molecular formula is C11H9ClINO. The Hall–Kier alpha value is -0.520. The predicted molar refractivity (Wildman–Crippen MR) is 68.9 cm³/mol. The molecule has 1 aromatic carbocycles. The van der Waals surface area contributed by atoms with E-state index in [1.165, 1.54) is 0 Å². The van der Waals surface area contributed by atoms with E-state index in [1.54, 1.807) is 6.26 Å². The van der Waals surface area contributed by atoms with Crippen LogP contribution in [0.1, 0.15) is 17.4 Å². The molecule has 15 heavy (non-hydrogen) atoms. The zero-order valence-electron chi connectivity index (χ0n) is 7.78. The first kappa shape index (κ1) is 11.0. The zero-order chi connectivity index (χ0) is 10.8. The molecule has 0 fully saturated rings. The molecule has 0 aliphatic carbocycles. The zero-order valence-corrected chi connectivity index (χ0v) is 10.7. The normalized spacial score (nSPS) is 12.7. The van der Waals surface area contributed by atoms with Crippen molar-refractivity contribution in [2.24, 2.45) is 5.73 Å². The van der Waals surface area contributed by atoms with E-state index < -0.39 is 0 Å². The van der Waals surface area contributed by atoms with Gasteiger partial charge in [-0.25, -0.2) is 0 Å². The lowest BCUT2D eigenvalue weighted by Gasteiger charge is -2.11. The minimum absolute atomic E-state index is 0.259. The molecule has 0 aliphatic rings. The Kier molecular flexibility index (Phi) is 3.33. The predicted octanol–water partition coefficient (Wildman–Crippen LogP) is 3.59. The van der Waals surface area contributed by atoms with Crippen LogP contribution in [0.3, 0.4) is 0 Å². The largest absolute Gasteiger partial charge is 0.467 e. The molecule has 2 aromatic rings. The van der Waals surface area contributed by atoms with E-state index in [0.717, 1.165) is 14.9 Å². The van der Waals surface area contributed by atoms with Crippen molar-refractivity contribution in [1.29, 1.82) is 0 Å². The Morgan fingerprint density at radius 1 is 1.33 bits per heavy atom. The maximum atomic E-state index is 6.07. The number of hydrogen-bond acceptors (Lipinski definition) is 2. The molecule has 0 saturated carbocycles. The van der Waals surface area contributed by atoms with Crippen LogP contribution in [0, 0.1) is 3.57 Å². The van der Waals surface area contributed by atoms with Gasteiger partial charge in [0.25, 0.3) is 0 Å². The maximum Gasteiger partial charge on any atom is 0.125 e. The fourth-order valence-electron chi connectivity index (χ4n) is 1.37. The van der Waals surface area contributed by atoms with Gasteiger partial charge in [-0.3, -0.25) is 0 Å². The lowest BCUT2D eigenvalue weighted by molar-refractivity contribution is 0.489. The second-order valence-electron chi connectivity index (χ2n) is 3.16. The summed E-state index contributed by atoms with van der Waals surface area (Å²) in [7, 11) is 0. The van der Waals surface area contributed by atoms with Gasteiger partial charge in [-0.2, -0.15) is 0 Å². The Morgan fingerprint density at radius 2 is 2.13 bits per heavy atom. The molecule has 0 radical (unpaired) electrons. The average Bonchev–Trinajstić information content (AvgIpc) is 2.74. The number of furan rings is 1. The number of halogens is 2. The fourth-order valence-corrected chi connectivity index (χ4v) is 2.23. The van der Waals surface area contributed by atoms with E-state index in [9.17, 15) is 0 Å². The van der Waals surface area contributed by atoms with Crippen molar-refractivity contribution in [3.63, 3.8) is 0 Å². The summed E-state index contributed by atoms with van der Waals surface area (Å²) in [5, 5.41) is 0.687. The quantitative estimate of drug-likeness (QED) is 0.853. The SMILES string of the molecule is NC(c1ccco1)c1cc(Cl)ccc1I. The second kappa shape index (κ2) is 4.55. The number of rotatable bonds is 2. The van der Waals surface area contributed by atoms with Gasteiger partial charge in [0.15, 0.2) is 0 Å². The third kappa shape index (κ3) is 2.35. The van der Waals surface area contributed by atoms with Crippen LogP contribution in [-0.2, 0) is 0 Å². The van der Waals surface area contributed by atoms with Crippen molar-refractivity contribution < 1.29 is 4.42 Å². The molecule has 1 unspecified atom stereocenters. The second-order valence-corrected chi connectivity index (χ2v) is 4.76. The minimum atomic E-state index is -0.259. The van der Waals surface area contributed by atoms with Crippen molar-refractivity contribution in [3.05, 3.63) is 56.5 Å². The van der Waals surface area contributed by atoms with Crippen LogP contribution in [0.4, 0.5) is 0 Å². The molecule has 2 rings (SSSR count). The van der Waals surface area contributed by atoms with Crippen LogP contribution in [0.2, 0.25) is 5.02 Å².